The Labute approximate surface area is 205 Å². The highest BCUT2D eigenvalue weighted by molar-refractivity contribution is 7.99. The van der Waals surface area contributed by atoms with Crippen molar-refractivity contribution in [3.05, 3.63) is 83.3 Å². The van der Waals surface area contributed by atoms with E-state index in [2.05, 4.69) is 15.5 Å². The normalized spacial score (nSPS) is 10.8. The number of aryl methyl sites for hydroxylation is 1. The van der Waals surface area contributed by atoms with E-state index in [4.69, 9.17) is 16.0 Å². The molecular weight excluding hydrogens is 474 g/mol. The Balaban J connectivity index is 1.31. The molecule has 4 rings (SSSR count). The number of furan rings is 1. The van der Waals surface area contributed by atoms with Crippen molar-refractivity contribution < 1.29 is 14.0 Å². The molecule has 0 bridgehead atoms. The molecule has 0 fully saturated rings. The number of carbonyl (C=O) groups excluding carboxylic acids is 2. The number of anilines is 1. The maximum absolute atomic E-state index is 12.8. The summed E-state index contributed by atoms with van der Waals surface area (Å²) in [5.41, 5.74) is 2.04. The van der Waals surface area contributed by atoms with Gasteiger partial charge in [-0.2, -0.15) is 0 Å². The van der Waals surface area contributed by atoms with Gasteiger partial charge in [0.15, 0.2) is 5.16 Å². The van der Waals surface area contributed by atoms with E-state index in [-0.39, 0.29) is 17.6 Å². The molecule has 2 heterocycles. The quantitative estimate of drug-likeness (QED) is 0.355. The van der Waals surface area contributed by atoms with Gasteiger partial charge in [-0.15, -0.1) is 10.2 Å². The SMILES string of the molecule is CN(Cc1ccc(-c2ccc(Cl)cc2)o1)C(=O)c1ccc(NC(=O)CSc2nncn2C)cc1. The molecule has 8 nitrogen and oxygen atoms in total. The number of nitrogens with zero attached hydrogens (tertiary/aromatic N) is 4. The smallest absolute Gasteiger partial charge is 0.254 e. The molecule has 2 amide bonds. The van der Waals surface area contributed by atoms with Crippen molar-refractivity contribution in [2.24, 2.45) is 7.05 Å². The van der Waals surface area contributed by atoms with Crippen LogP contribution in [0.25, 0.3) is 11.3 Å². The lowest BCUT2D eigenvalue weighted by molar-refractivity contribution is -0.113. The predicted octanol–water partition coefficient (Wildman–Crippen LogP) is 4.73. The number of thioether (sulfide) groups is 1. The van der Waals surface area contributed by atoms with Crippen molar-refractivity contribution in [1.29, 1.82) is 0 Å². The Morgan fingerprint density at radius 3 is 2.50 bits per heavy atom. The molecule has 0 aliphatic carbocycles. The second-order valence-electron chi connectivity index (χ2n) is 7.57. The van der Waals surface area contributed by atoms with E-state index < -0.39 is 0 Å². The molecule has 0 atom stereocenters. The van der Waals surface area contributed by atoms with Crippen LogP contribution in [0, 0.1) is 0 Å². The minimum atomic E-state index is -0.168. The second-order valence-corrected chi connectivity index (χ2v) is 8.95. The van der Waals surface area contributed by atoms with E-state index in [0.29, 0.717) is 39.5 Å². The Kier molecular flexibility index (Phi) is 7.34. The van der Waals surface area contributed by atoms with Crippen molar-refractivity contribution in [2.75, 3.05) is 18.1 Å². The van der Waals surface area contributed by atoms with Gasteiger partial charge in [0.1, 0.15) is 17.8 Å². The summed E-state index contributed by atoms with van der Waals surface area (Å²) in [5.74, 6) is 1.27. The van der Waals surface area contributed by atoms with Gasteiger partial charge >= 0.3 is 0 Å². The first-order valence-corrected chi connectivity index (χ1v) is 11.7. The molecule has 0 aliphatic heterocycles. The second kappa shape index (κ2) is 10.6. The van der Waals surface area contributed by atoms with Crippen molar-refractivity contribution in [3.8, 4) is 11.3 Å². The van der Waals surface area contributed by atoms with Gasteiger partial charge in [0, 0.05) is 35.9 Å². The first kappa shape index (κ1) is 23.6. The summed E-state index contributed by atoms with van der Waals surface area (Å²) in [5, 5.41) is 11.9. The molecule has 34 heavy (non-hydrogen) atoms. The Hall–Kier alpha value is -3.56. The topological polar surface area (TPSA) is 93.3 Å². The number of hydrogen-bond donors (Lipinski definition) is 1. The monoisotopic (exact) mass is 495 g/mol. The molecule has 4 aromatic rings. The summed E-state index contributed by atoms with van der Waals surface area (Å²) in [6.07, 6.45) is 1.58. The number of hydrogen-bond acceptors (Lipinski definition) is 6. The maximum atomic E-state index is 12.8. The molecule has 2 aromatic carbocycles. The summed E-state index contributed by atoms with van der Waals surface area (Å²) in [6.45, 7) is 0.324. The van der Waals surface area contributed by atoms with E-state index in [1.807, 2.05) is 31.3 Å². The van der Waals surface area contributed by atoms with Crippen LogP contribution >= 0.6 is 23.4 Å². The number of carbonyl (C=O) groups is 2. The van der Waals surface area contributed by atoms with Gasteiger partial charge in [-0.05, 0) is 60.7 Å². The number of nitrogens with one attached hydrogen (secondary N) is 1. The maximum Gasteiger partial charge on any atom is 0.254 e. The Morgan fingerprint density at radius 2 is 1.82 bits per heavy atom. The average Bonchev–Trinajstić information content (AvgIpc) is 3.47. The number of amides is 2. The molecule has 0 radical (unpaired) electrons. The van der Waals surface area contributed by atoms with Gasteiger partial charge in [-0.25, -0.2) is 0 Å². The summed E-state index contributed by atoms with van der Waals surface area (Å²) in [7, 11) is 3.53. The van der Waals surface area contributed by atoms with E-state index in [9.17, 15) is 9.59 Å². The van der Waals surface area contributed by atoms with Crippen LogP contribution < -0.4 is 5.32 Å². The van der Waals surface area contributed by atoms with Crippen molar-refractivity contribution in [1.82, 2.24) is 19.7 Å². The van der Waals surface area contributed by atoms with Gasteiger partial charge < -0.3 is 19.2 Å². The fourth-order valence-electron chi connectivity index (χ4n) is 3.18. The van der Waals surface area contributed by atoms with Crippen LogP contribution in [0.4, 0.5) is 5.69 Å². The summed E-state index contributed by atoms with van der Waals surface area (Å²) < 4.78 is 7.64. The lowest BCUT2D eigenvalue weighted by Gasteiger charge is -2.16. The van der Waals surface area contributed by atoms with Crippen LogP contribution in [-0.4, -0.2) is 44.3 Å². The third-order valence-corrected chi connectivity index (χ3v) is 6.23. The summed E-state index contributed by atoms with van der Waals surface area (Å²) in [4.78, 5) is 26.6. The molecule has 2 aromatic heterocycles. The number of rotatable bonds is 8. The Bertz CT molecular complexity index is 1280. The molecule has 0 unspecified atom stereocenters. The highest BCUT2D eigenvalue weighted by Gasteiger charge is 2.15. The molecule has 174 valence electrons. The fraction of sp³-hybridized carbons (Fsp3) is 0.167. The van der Waals surface area contributed by atoms with Gasteiger partial charge in [0.2, 0.25) is 5.91 Å². The zero-order valence-corrected chi connectivity index (χ0v) is 20.1. The first-order valence-electron chi connectivity index (χ1n) is 10.4. The van der Waals surface area contributed by atoms with Crippen molar-refractivity contribution >= 4 is 40.9 Å². The third-order valence-electron chi connectivity index (χ3n) is 4.95. The van der Waals surface area contributed by atoms with Gasteiger partial charge in [-0.3, -0.25) is 9.59 Å². The van der Waals surface area contributed by atoms with Crippen LogP contribution in [-0.2, 0) is 18.4 Å². The molecule has 0 saturated heterocycles. The van der Waals surface area contributed by atoms with Gasteiger partial charge in [-0.1, -0.05) is 23.4 Å². The van der Waals surface area contributed by atoms with Crippen LogP contribution in [0.2, 0.25) is 5.02 Å². The van der Waals surface area contributed by atoms with E-state index in [0.717, 1.165) is 5.56 Å². The molecule has 0 spiro atoms. The van der Waals surface area contributed by atoms with Gasteiger partial charge in [0.05, 0.1) is 12.3 Å². The zero-order chi connectivity index (χ0) is 24.1. The zero-order valence-electron chi connectivity index (χ0n) is 18.6. The molecule has 0 saturated carbocycles. The molecule has 10 heteroatoms. The van der Waals surface area contributed by atoms with E-state index >= 15 is 0 Å². The summed E-state index contributed by atoms with van der Waals surface area (Å²) in [6, 6.07) is 17.9. The predicted molar refractivity (Wildman–Crippen MR) is 132 cm³/mol. The lowest BCUT2D eigenvalue weighted by atomic mass is 10.2. The number of halogens is 1. The fourth-order valence-corrected chi connectivity index (χ4v) is 4.00. The van der Waals surface area contributed by atoms with Gasteiger partial charge in [0.25, 0.3) is 5.91 Å². The average molecular weight is 496 g/mol. The lowest BCUT2D eigenvalue weighted by Crippen LogP contribution is -2.26. The minimum Gasteiger partial charge on any atom is -0.459 e. The van der Waals surface area contributed by atoms with Crippen molar-refractivity contribution in [2.45, 2.75) is 11.7 Å². The molecular formula is C24H22ClN5O3S. The van der Waals surface area contributed by atoms with Crippen LogP contribution in [0.15, 0.2) is 76.6 Å². The minimum absolute atomic E-state index is 0.153. The highest BCUT2D eigenvalue weighted by Crippen LogP contribution is 2.24. The van der Waals surface area contributed by atoms with Crippen LogP contribution in [0.5, 0.6) is 0 Å². The number of aromatic nitrogens is 3. The Morgan fingerprint density at radius 1 is 1.09 bits per heavy atom. The summed E-state index contributed by atoms with van der Waals surface area (Å²) >= 11 is 7.23. The first-order chi connectivity index (χ1) is 16.4. The van der Waals surface area contributed by atoms with E-state index in [1.165, 1.54) is 11.8 Å². The highest BCUT2D eigenvalue weighted by atomic mass is 35.5. The van der Waals surface area contributed by atoms with Crippen LogP contribution in [0.1, 0.15) is 16.1 Å². The largest absolute Gasteiger partial charge is 0.459 e. The molecule has 1 N–H and O–H groups in total. The van der Waals surface area contributed by atoms with Crippen LogP contribution in [0.3, 0.4) is 0 Å². The van der Waals surface area contributed by atoms with E-state index in [1.54, 1.807) is 59.2 Å². The number of benzene rings is 2. The molecule has 0 aliphatic rings. The third kappa shape index (κ3) is 5.86. The van der Waals surface area contributed by atoms with Crippen molar-refractivity contribution in [3.63, 3.8) is 0 Å². The standard InChI is InChI=1S/C24H22ClN5O3S/c1-29(13-20-11-12-21(33-20)16-3-7-18(25)8-4-16)23(32)17-5-9-19(10-6-17)27-22(31)14-34-24-28-26-15-30(24)2/h3-12,15H,13-14H2,1-2H3,(H,27,31).